The van der Waals surface area contributed by atoms with Gasteiger partial charge in [0, 0.05) is 10.2 Å². The van der Waals surface area contributed by atoms with Crippen molar-refractivity contribution in [3.8, 4) is 0 Å². The van der Waals surface area contributed by atoms with Gasteiger partial charge < -0.3 is 0 Å². The van der Waals surface area contributed by atoms with Crippen LogP contribution in [0.25, 0.3) is 0 Å². The molecule has 2 aromatic carbocycles. The molecule has 2 rings (SSSR count). The highest BCUT2D eigenvalue weighted by Gasteiger charge is 2.33. The lowest BCUT2D eigenvalue weighted by Gasteiger charge is -2.13. The SMILES string of the molecule is O=S(=O)(Nc1ccc(Br)c(C(F)(F)F)c1)c1cccc(F)c1. The zero-order valence-corrected chi connectivity index (χ0v) is 13.1. The molecule has 0 bridgehead atoms. The van der Waals surface area contributed by atoms with Crippen LogP contribution in [0.5, 0.6) is 0 Å². The van der Waals surface area contributed by atoms with Crippen molar-refractivity contribution < 1.29 is 26.0 Å². The van der Waals surface area contributed by atoms with Crippen molar-refractivity contribution >= 4 is 31.6 Å². The molecule has 9 heteroatoms. The number of hydrogen-bond acceptors (Lipinski definition) is 2. The Balaban J connectivity index is 2.39. The van der Waals surface area contributed by atoms with E-state index in [9.17, 15) is 26.0 Å². The first-order valence-corrected chi connectivity index (χ1v) is 8.02. The van der Waals surface area contributed by atoms with E-state index >= 15 is 0 Å². The molecule has 0 radical (unpaired) electrons. The summed E-state index contributed by atoms with van der Waals surface area (Å²) in [5.74, 6) is -0.769. The fourth-order valence-corrected chi connectivity index (χ4v) is 3.21. The predicted octanol–water partition coefficient (Wildman–Crippen LogP) is 4.41. The highest BCUT2D eigenvalue weighted by Crippen LogP contribution is 2.36. The fraction of sp³-hybridized carbons (Fsp3) is 0.0769. The third kappa shape index (κ3) is 3.77. The average molecular weight is 398 g/mol. The van der Waals surface area contributed by atoms with Crippen LogP contribution in [0, 0.1) is 5.82 Å². The lowest BCUT2D eigenvalue weighted by Crippen LogP contribution is -2.14. The van der Waals surface area contributed by atoms with Crippen molar-refractivity contribution in [2.45, 2.75) is 11.1 Å². The molecule has 0 saturated carbocycles. The Labute approximate surface area is 132 Å². The Kier molecular flexibility index (Phi) is 4.48. The van der Waals surface area contributed by atoms with Crippen molar-refractivity contribution in [1.29, 1.82) is 0 Å². The van der Waals surface area contributed by atoms with Gasteiger partial charge in [0.1, 0.15) is 5.82 Å². The first-order chi connectivity index (χ1) is 10.1. The van der Waals surface area contributed by atoms with E-state index in [-0.39, 0.29) is 15.1 Å². The van der Waals surface area contributed by atoms with Crippen LogP contribution in [0.4, 0.5) is 23.2 Å². The van der Waals surface area contributed by atoms with Gasteiger partial charge in [0.2, 0.25) is 0 Å². The van der Waals surface area contributed by atoms with Crippen LogP contribution < -0.4 is 4.72 Å². The van der Waals surface area contributed by atoms with E-state index in [1.807, 2.05) is 4.72 Å². The lowest BCUT2D eigenvalue weighted by molar-refractivity contribution is -0.138. The molecule has 0 amide bonds. The van der Waals surface area contributed by atoms with Crippen LogP contribution in [-0.2, 0) is 16.2 Å². The van der Waals surface area contributed by atoms with Crippen LogP contribution in [0.3, 0.4) is 0 Å². The second-order valence-corrected chi connectivity index (χ2v) is 6.79. The topological polar surface area (TPSA) is 46.2 Å². The van der Waals surface area contributed by atoms with Crippen LogP contribution in [-0.4, -0.2) is 8.42 Å². The molecule has 1 N–H and O–H groups in total. The molecular formula is C13H8BrF4NO2S. The quantitative estimate of drug-likeness (QED) is 0.779. The molecule has 0 saturated heterocycles. The largest absolute Gasteiger partial charge is 0.417 e. The van der Waals surface area contributed by atoms with Gasteiger partial charge in [0.15, 0.2) is 0 Å². The highest BCUT2D eigenvalue weighted by molar-refractivity contribution is 9.10. The molecular weight excluding hydrogens is 390 g/mol. The Morgan fingerprint density at radius 2 is 1.73 bits per heavy atom. The molecule has 0 heterocycles. The predicted molar refractivity (Wildman–Crippen MR) is 76.4 cm³/mol. The summed E-state index contributed by atoms with van der Waals surface area (Å²) in [6, 6.07) is 7.04. The van der Waals surface area contributed by atoms with Gasteiger partial charge in [0.25, 0.3) is 10.0 Å². The molecule has 0 fully saturated rings. The van der Waals surface area contributed by atoms with Gasteiger partial charge >= 0.3 is 6.18 Å². The molecule has 0 atom stereocenters. The number of rotatable bonds is 3. The van der Waals surface area contributed by atoms with Gasteiger partial charge in [-0.15, -0.1) is 0 Å². The van der Waals surface area contributed by atoms with Gasteiger partial charge in [-0.1, -0.05) is 22.0 Å². The van der Waals surface area contributed by atoms with Gasteiger partial charge in [-0.3, -0.25) is 4.72 Å². The third-order valence-corrected chi connectivity index (χ3v) is 4.70. The van der Waals surface area contributed by atoms with E-state index in [0.29, 0.717) is 6.07 Å². The van der Waals surface area contributed by atoms with Crippen molar-refractivity contribution in [2.75, 3.05) is 4.72 Å². The van der Waals surface area contributed by atoms with E-state index in [0.717, 1.165) is 30.3 Å². The summed E-state index contributed by atoms with van der Waals surface area (Å²) >= 11 is 2.75. The van der Waals surface area contributed by atoms with Crippen LogP contribution >= 0.6 is 15.9 Å². The van der Waals surface area contributed by atoms with Crippen molar-refractivity contribution in [2.24, 2.45) is 0 Å². The number of hydrogen-bond donors (Lipinski definition) is 1. The third-order valence-electron chi connectivity index (χ3n) is 2.63. The van der Waals surface area contributed by atoms with E-state index in [2.05, 4.69) is 15.9 Å². The standard InChI is InChI=1S/C13H8BrF4NO2S/c14-12-5-4-9(7-11(12)13(16,17)18)19-22(20,21)10-3-1-2-8(15)6-10/h1-7,19H. The Hall–Kier alpha value is -1.61. The average Bonchev–Trinajstić information content (AvgIpc) is 2.39. The molecule has 0 spiro atoms. The second kappa shape index (κ2) is 5.88. The minimum Gasteiger partial charge on any atom is -0.280 e. The van der Waals surface area contributed by atoms with Gasteiger partial charge in [-0.05, 0) is 36.4 Å². The number of nitrogens with one attached hydrogen (secondary N) is 1. The van der Waals surface area contributed by atoms with E-state index in [1.165, 1.54) is 6.07 Å². The Bertz CT molecular complexity index is 806. The van der Waals surface area contributed by atoms with Gasteiger partial charge in [-0.25, -0.2) is 12.8 Å². The summed E-state index contributed by atoms with van der Waals surface area (Å²) in [6.45, 7) is 0. The first kappa shape index (κ1) is 16.8. The highest BCUT2D eigenvalue weighted by atomic mass is 79.9. The zero-order chi connectivity index (χ0) is 16.5. The number of benzene rings is 2. The zero-order valence-electron chi connectivity index (χ0n) is 10.7. The van der Waals surface area contributed by atoms with Gasteiger partial charge in [0.05, 0.1) is 10.5 Å². The summed E-state index contributed by atoms with van der Waals surface area (Å²) in [4.78, 5) is -0.385. The fourth-order valence-electron chi connectivity index (χ4n) is 1.65. The molecule has 0 aliphatic rings. The summed E-state index contributed by atoms with van der Waals surface area (Å²) in [7, 11) is -4.18. The molecule has 2 aromatic rings. The van der Waals surface area contributed by atoms with Crippen molar-refractivity contribution in [3.05, 3.63) is 58.3 Å². The maximum atomic E-state index is 13.1. The molecule has 0 aromatic heterocycles. The second-order valence-electron chi connectivity index (χ2n) is 4.26. The number of alkyl halides is 3. The number of sulfonamides is 1. The number of halogens is 5. The minimum absolute atomic E-state index is 0.214. The normalized spacial score (nSPS) is 12.2. The first-order valence-electron chi connectivity index (χ1n) is 5.75. The van der Waals surface area contributed by atoms with Crippen molar-refractivity contribution in [1.82, 2.24) is 0 Å². The Morgan fingerprint density at radius 3 is 2.32 bits per heavy atom. The molecule has 0 aliphatic carbocycles. The van der Waals surface area contributed by atoms with Crippen LogP contribution in [0.2, 0.25) is 0 Å². The summed E-state index contributed by atoms with van der Waals surface area (Å²) in [5.41, 5.74) is -1.30. The van der Waals surface area contributed by atoms with E-state index in [1.54, 1.807) is 0 Å². The number of anilines is 1. The minimum atomic E-state index is -4.64. The van der Waals surface area contributed by atoms with Crippen LogP contribution in [0.1, 0.15) is 5.56 Å². The molecule has 0 unspecified atom stereocenters. The summed E-state index contributed by atoms with van der Waals surface area (Å²) in [5, 5.41) is 0. The monoisotopic (exact) mass is 397 g/mol. The smallest absolute Gasteiger partial charge is 0.280 e. The molecule has 22 heavy (non-hydrogen) atoms. The van der Waals surface area contributed by atoms with E-state index in [4.69, 9.17) is 0 Å². The van der Waals surface area contributed by atoms with E-state index < -0.39 is 27.6 Å². The Morgan fingerprint density at radius 1 is 1.05 bits per heavy atom. The van der Waals surface area contributed by atoms with Crippen molar-refractivity contribution in [3.63, 3.8) is 0 Å². The molecule has 118 valence electrons. The summed E-state index contributed by atoms with van der Waals surface area (Å²) in [6.07, 6.45) is -4.64. The maximum absolute atomic E-state index is 13.1. The molecule has 3 nitrogen and oxygen atoms in total. The lowest BCUT2D eigenvalue weighted by atomic mass is 10.2. The maximum Gasteiger partial charge on any atom is 0.417 e. The van der Waals surface area contributed by atoms with Gasteiger partial charge in [-0.2, -0.15) is 13.2 Å². The van der Waals surface area contributed by atoms with Crippen LogP contribution in [0.15, 0.2) is 51.8 Å². The summed E-state index contributed by atoms with van der Waals surface area (Å²) < 4.78 is 77.2. The molecule has 0 aliphatic heterocycles.